The zero-order valence-electron chi connectivity index (χ0n) is 11.0. The van der Waals surface area contributed by atoms with Crippen LogP contribution < -0.4 is 10.9 Å². The monoisotopic (exact) mass is 271 g/mol. The van der Waals surface area contributed by atoms with E-state index in [-0.39, 0.29) is 28.1 Å². The number of hydrogen-bond acceptors (Lipinski definition) is 4. The Morgan fingerprint density at radius 2 is 2.28 bits per heavy atom. The van der Waals surface area contributed by atoms with E-state index in [2.05, 4.69) is 24.3 Å². The van der Waals surface area contributed by atoms with Crippen molar-refractivity contribution in [1.29, 1.82) is 0 Å². The van der Waals surface area contributed by atoms with Crippen molar-refractivity contribution in [2.24, 2.45) is 12.5 Å². The van der Waals surface area contributed by atoms with Crippen molar-refractivity contribution in [3.63, 3.8) is 0 Å². The molecule has 0 saturated heterocycles. The molecule has 1 aromatic heterocycles. The maximum absolute atomic E-state index is 11.7. The molecule has 0 bridgehead atoms. The molecule has 0 amide bonds. The summed E-state index contributed by atoms with van der Waals surface area (Å²) in [5, 5.41) is 7.43. The summed E-state index contributed by atoms with van der Waals surface area (Å²) in [5.41, 5.74) is 0.313. The Morgan fingerprint density at radius 1 is 1.61 bits per heavy atom. The Bertz CT molecular complexity index is 513. The fraction of sp³-hybridized carbons (Fsp3) is 0.667. The first-order valence-corrected chi connectivity index (χ1v) is 6.27. The van der Waals surface area contributed by atoms with Gasteiger partial charge in [-0.05, 0) is 6.42 Å². The highest BCUT2D eigenvalue weighted by Gasteiger charge is 2.48. The quantitative estimate of drug-likeness (QED) is 0.908. The first-order valence-electron chi connectivity index (χ1n) is 5.89. The molecule has 6 heteroatoms. The summed E-state index contributed by atoms with van der Waals surface area (Å²) in [6.45, 7) is 4.26. The lowest BCUT2D eigenvalue weighted by atomic mass is 9.64. The van der Waals surface area contributed by atoms with Gasteiger partial charge in [-0.25, -0.2) is 4.68 Å². The van der Waals surface area contributed by atoms with Crippen molar-refractivity contribution in [3.05, 3.63) is 21.6 Å². The van der Waals surface area contributed by atoms with Crippen molar-refractivity contribution in [2.45, 2.75) is 32.4 Å². The maximum atomic E-state index is 11.7. The summed E-state index contributed by atoms with van der Waals surface area (Å²) >= 11 is 6.02. The second-order valence-electron chi connectivity index (χ2n) is 5.28. The lowest BCUT2D eigenvalue weighted by Gasteiger charge is -2.51. The Hall–Kier alpha value is -1.07. The Kier molecular flexibility index (Phi) is 3.38. The Balaban J connectivity index is 2.17. The van der Waals surface area contributed by atoms with E-state index in [1.807, 2.05) is 0 Å². The van der Waals surface area contributed by atoms with Gasteiger partial charge in [0.1, 0.15) is 5.02 Å². The number of methoxy groups -OCH3 is 1. The zero-order chi connectivity index (χ0) is 13.5. The average Bonchev–Trinajstić information content (AvgIpc) is 2.33. The van der Waals surface area contributed by atoms with Crippen LogP contribution in [0.4, 0.5) is 5.69 Å². The van der Waals surface area contributed by atoms with Crippen LogP contribution in [-0.4, -0.2) is 29.0 Å². The third kappa shape index (κ3) is 2.01. The minimum atomic E-state index is -0.290. The van der Waals surface area contributed by atoms with E-state index in [1.165, 1.54) is 4.68 Å². The predicted octanol–water partition coefficient (Wildman–Crippen LogP) is 1.66. The van der Waals surface area contributed by atoms with E-state index < -0.39 is 0 Å². The summed E-state index contributed by atoms with van der Waals surface area (Å²) in [4.78, 5) is 11.7. The van der Waals surface area contributed by atoms with E-state index in [0.29, 0.717) is 5.69 Å². The van der Waals surface area contributed by atoms with E-state index in [0.717, 1.165) is 6.42 Å². The van der Waals surface area contributed by atoms with Crippen LogP contribution in [0.2, 0.25) is 5.02 Å². The SMILES string of the molecule is COC1CC(Nc2cnn(C)c(=O)c2Cl)C1(C)C. The van der Waals surface area contributed by atoms with E-state index >= 15 is 0 Å². The molecule has 1 fully saturated rings. The number of ether oxygens (including phenoxy) is 1. The molecule has 18 heavy (non-hydrogen) atoms. The molecule has 1 aliphatic rings. The van der Waals surface area contributed by atoms with Crippen molar-refractivity contribution >= 4 is 17.3 Å². The molecule has 1 aromatic rings. The molecular weight excluding hydrogens is 254 g/mol. The number of halogens is 1. The molecule has 2 rings (SSSR count). The Morgan fingerprint density at radius 3 is 2.83 bits per heavy atom. The molecule has 1 saturated carbocycles. The highest BCUT2D eigenvalue weighted by Crippen LogP contribution is 2.44. The second kappa shape index (κ2) is 4.55. The summed E-state index contributed by atoms with van der Waals surface area (Å²) < 4.78 is 6.61. The van der Waals surface area contributed by atoms with E-state index in [1.54, 1.807) is 20.4 Å². The molecule has 1 aliphatic carbocycles. The highest BCUT2D eigenvalue weighted by atomic mass is 35.5. The number of aryl methyl sites for hydroxylation is 1. The topological polar surface area (TPSA) is 56.1 Å². The maximum Gasteiger partial charge on any atom is 0.287 e. The van der Waals surface area contributed by atoms with Gasteiger partial charge in [0.2, 0.25) is 0 Å². The van der Waals surface area contributed by atoms with Crippen LogP contribution in [-0.2, 0) is 11.8 Å². The van der Waals surface area contributed by atoms with Gasteiger partial charge in [0.15, 0.2) is 0 Å². The lowest BCUT2D eigenvalue weighted by molar-refractivity contribution is -0.0794. The highest BCUT2D eigenvalue weighted by molar-refractivity contribution is 6.32. The molecule has 0 radical (unpaired) electrons. The van der Waals surface area contributed by atoms with Crippen LogP contribution in [0.1, 0.15) is 20.3 Å². The number of rotatable bonds is 3. The third-order valence-corrected chi connectivity index (χ3v) is 4.24. The smallest absolute Gasteiger partial charge is 0.287 e. The summed E-state index contributed by atoms with van der Waals surface area (Å²) in [5.74, 6) is 0. The van der Waals surface area contributed by atoms with Gasteiger partial charge in [-0.3, -0.25) is 4.79 Å². The van der Waals surface area contributed by atoms with Gasteiger partial charge >= 0.3 is 0 Å². The number of aromatic nitrogens is 2. The molecule has 5 nitrogen and oxygen atoms in total. The van der Waals surface area contributed by atoms with Gasteiger partial charge in [-0.2, -0.15) is 5.10 Å². The molecule has 100 valence electrons. The lowest BCUT2D eigenvalue weighted by Crippen LogP contribution is -2.57. The van der Waals surface area contributed by atoms with Crippen LogP contribution in [0.25, 0.3) is 0 Å². The summed E-state index contributed by atoms with van der Waals surface area (Å²) in [7, 11) is 3.29. The van der Waals surface area contributed by atoms with Crippen LogP contribution in [0.15, 0.2) is 11.0 Å². The molecule has 0 aromatic carbocycles. The second-order valence-corrected chi connectivity index (χ2v) is 5.66. The molecule has 2 atom stereocenters. The standard InChI is InChI=1S/C12H18ClN3O2/c1-12(2)8(5-9(12)18-4)15-7-6-14-16(3)11(17)10(7)13/h6,8-9,15H,5H2,1-4H3. The predicted molar refractivity (Wildman–Crippen MR) is 71.1 cm³/mol. The largest absolute Gasteiger partial charge is 0.381 e. The summed E-state index contributed by atoms with van der Waals surface area (Å²) in [6, 6.07) is 0.230. The van der Waals surface area contributed by atoms with Crippen LogP contribution in [0, 0.1) is 5.41 Å². The molecule has 1 N–H and O–H groups in total. The first-order chi connectivity index (χ1) is 8.37. The third-order valence-electron chi connectivity index (χ3n) is 3.87. The van der Waals surface area contributed by atoms with Gasteiger partial charge in [0, 0.05) is 25.6 Å². The van der Waals surface area contributed by atoms with Crippen LogP contribution >= 0.6 is 11.6 Å². The van der Waals surface area contributed by atoms with Gasteiger partial charge in [-0.15, -0.1) is 0 Å². The fourth-order valence-electron chi connectivity index (χ4n) is 2.33. The molecular formula is C12H18ClN3O2. The zero-order valence-corrected chi connectivity index (χ0v) is 11.8. The number of nitrogens with one attached hydrogen (secondary N) is 1. The molecule has 0 spiro atoms. The average molecular weight is 272 g/mol. The molecule has 0 aliphatic heterocycles. The molecule has 2 unspecified atom stereocenters. The van der Waals surface area contributed by atoms with Crippen molar-refractivity contribution in [1.82, 2.24) is 9.78 Å². The van der Waals surface area contributed by atoms with Gasteiger partial charge in [0.25, 0.3) is 5.56 Å². The van der Waals surface area contributed by atoms with Crippen molar-refractivity contribution in [2.75, 3.05) is 12.4 Å². The summed E-state index contributed by atoms with van der Waals surface area (Å²) in [6.07, 6.45) is 2.71. The van der Waals surface area contributed by atoms with Gasteiger partial charge < -0.3 is 10.1 Å². The number of hydrogen-bond donors (Lipinski definition) is 1. The van der Waals surface area contributed by atoms with E-state index in [9.17, 15) is 4.79 Å². The van der Waals surface area contributed by atoms with Crippen LogP contribution in [0.3, 0.4) is 0 Å². The minimum Gasteiger partial charge on any atom is -0.381 e. The fourth-order valence-corrected chi connectivity index (χ4v) is 2.56. The van der Waals surface area contributed by atoms with Gasteiger partial charge in [0.05, 0.1) is 18.0 Å². The number of nitrogens with zero attached hydrogens (tertiary/aromatic N) is 2. The van der Waals surface area contributed by atoms with Crippen LogP contribution in [0.5, 0.6) is 0 Å². The van der Waals surface area contributed by atoms with Gasteiger partial charge in [-0.1, -0.05) is 25.4 Å². The Labute approximate surface area is 111 Å². The first kappa shape index (κ1) is 13.4. The van der Waals surface area contributed by atoms with E-state index in [4.69, 9.17) is 16.3 Å². The normalized spacial score (nSPS) is 25.6. The van der Waals surface area contributed by atoms with Crippen molar-refractivity contribution < 1.29 is 4.74 Å². The molecule has 1 heterocycles. The number of anilines is 1. The minimum absolute atomic E-state index is 0.0131. The van der Waals surface area contributed by atoms with Crippen molar-refractivity contribution in [3.8, 4) is 0 Å².